The maximum atomic E-state index is 11.0. The molecule has 0 aromatic heterocycles. The van der Waals surface area contributed by atoms with Gasteiger partial charge in [0.1, 0.15) is 6.10 Å². The zero-order valence-corrected chi connectivity index (χ0v) is 10.7. The zero-order chi connectivity index (χ0) is 13.7. The Morgan fingerprint density at radius 3 is 2.67 bits per heavy atom. The van der Waals surface area contributed by atoms with Gasteiger partial charge in [0, 0.05) is 12.6 Å². The first-order valence-corrected chi connectivity index (χ1v) is 5.72. The van der Waals surface area contributed by atoms with Crippen molar-refractivity contribution in [3.8, 4) is 5.75 Å². The van der Waals surface area contributed by atoms with Gasteiger partial charge in [0.2, 0.25) is 0 Å². The summed E-state index contributed by atoms with van der Waals surface area (Å²) in [6.45, 7) is 3.79. The fraction of sp³-hybridized carbons (Fsp3) is 0.500. The maximum Gasteiger partial charge on any atom is 0.311 e. The Morgan fingerprint density at radius 1 is 1.50 bits per heavy atom. The molecule has 0 heterocycles. The molecule has 2 atom stereocenters. The molecule has 0 aliphatic heterocycles. The summed E-state index contributed by atoms with van der Waals surface area (Å²) in [4.78, 5) is 10.5. The summed E-state index contributed by atoms with van der Waals surface area (Å²) in [5, 5.41) is 23.2. The van der Waals surface area contributed by atoms with Crippen LogP contribution in [-0.4, -0.2) is 29.3 Å². The van der Waals surface area contributed by atoms with Crippen LogP contribution >= 0.6 is 0 Å². The normalized spacial score (nSPS) is 14.0. The van der Waals surface area contributed by atoms with Crippen molar-refractivity contribution in [1.29, 1.82) is 0 Å². The van der Waals surface area contributed by atoms with E-state index >= 15 is 0 Å². The van der Waals surface area contributed by atoms with Crippen LogP contribution in [-0.2, 0) is 6.54 Å². The fourth-order valence-corrected chi connectivity index (χ4v) is 1.42. The van der Waals surface area contributed by atoms with Crippen molar-refractivity contribution < 1.29 is 14.8 Å². The Bertz CT molecular complexity index is 421. The second-order valence-electron chi connectivity index (χ2n) is 4.15. The van der Waals surface area contributed by atoms with Gasteiger partial charge in [-0.05, 0) is 32.5 Å². The quantitative estimate of drug-likeness (QED) is 0.593. The molecule has 0 saturated carbocycles. The second-order valence-corrected chi connectivity index (χ2v) is 4.15. The van der Waals surface area contributed by atoms with E-state index in [4.69, 9.17) is 4.74 Å². The lowest BCUT2D eigenvalue weighted by Crippen LogP contribution is -2.25. The van der Waals surface area contributed by atoms with E-state index in [0.717, 1.165) is 5.56 Å². The third-order valence-electron chi connectivity index (χ3n) is 2.59. The van der Waals surface area contributed by atoms with Crippen molar-refractivity contribution in [2.24, 2.45) is 0 Å². The summed E-state index contributed by atoms with van der Waals surface area (Å²) in [7, 11) is 1.77. The van der Waals surface area contributed by atoms with Crippen molar-refractivity contribution in [2.75, 3.05) is 7.05 Å². The van der Waals surface area contributed by atoms with Crippen LogP contribution in [0.25, 0.3) is 0 Å². The maximum absolute atomic E-state index is 11.0. The van der Waals surface area contributed by atoms with Gasteiger partial charge in [-0.2, -0.15) is 0 Å². The van der Waals surface area contributed by atoms with Crippen LogP contribution in [0.5, 0.6) is 5.75 Å². The average Bonchev–Trinajstić information content (AvgIpc) is 2.30. The molecule has 0 bridgehead atoms. The highest BCUT2D eigenvalue weighted by Crippen LogP contribution is 2.29. The molecule has 18 heavy (non-hydrogen) atoms. The Kier molecular flexibility index (Phi) is 5.06. The summed E-state index contributed by atoms with van der Waals surface area (Å²) in [6.07, 6.45) is -1.19. The topological polar surface area (TPSA) is 84.6 Å². The van der Waals surface area contributed by atoms with Crippen molar-refractivity contribution in [3.63, 3.8) is 0 Å². The SMILES string of the molecule is CNCc1ccc(OC(C)C(C)O)c([N+](=O)[O-])c1. The van der Waals surface area contributed by atoms with E-state index in [1.807, 2.05) is 0 Å². The Labute approximate surface area is 106 Å². The van der Waals surface area contributed by atoms with E-state index in [-0.39, 0.29) is 11.4 Å². The molecule has 0 aliphatic rings. The van der Waals surface area contributed by atoms with Crippen molar-refractivity contribution in [3.05, 3.63) is 33.9 Å². The molecule has 6 heteroatoms. The van der Waals surface area contributed by atoms with Gasteiger partial charge in [-0.15, -0.1) is 0 Å². The number of aliphatic hydroxyl groups excluding tert-OH is 1. The number of benzene rings is 1. The zero-order valence-electron chi connectivity index (χ0n) is 10.7. The molecule has 0 spiro atoms. The van der Waals surface area contributed by atoms with Crippen LogP contribution in [0.2, 0.25) is 0 Å². The molecule has 1 aromatic carbocycles. The van der Waals surface area contributed by atoms with E-state index < -0.39 is 17.1 Å². The van der Waals surface area contributed by atoms with Crippen molar-refractivity contribution >= 4 is 5.69 Å². The Morgan fingerprint density at radius 2 is 2.17 bits per heavy atom. The van der Waals surface area contributed by atoms with Gasteiger partial charge in [-0.25, -0.2) is 0 Å². The molecule has 0 aliphatic carbocycles. The van der Waals surface area contributed by atoms with Crippen LogP contribution in [0.15, 0.2) is 18.2 Å². The molecule has 0 fully saturated rings. The lowest BCUT2D eigenvalue weighted by atomic mass is 10.2. The third kappa shape index (κ3) is 3.68. The van der Waals surface area contributed by atoms with E-state index in [9.17, 15) is 15.2 Å². The smallest absolute Gasteiger partial charge is 0.311 e. The molecule has 0 amide bonds. The van der Waals surface area contributed by atoms with Crippen LogP contribution in [0.1, 0.15) is 19.4 Å². The Balaban J connectivity index is 3.00. The van der Waals surface area contributed by atoms with Crippen LogP contribution in [0, 0.1) is 10.1 Å². The molecule has 0 radical (unpaired) electrons. The number of nitrogens with zero attached hydrogens (tertiary/aromatic N) is 1. The summed E-state index contributed by atoms with van der Waals surface area (Å²) >= 11 is 0. The molecule has 100 valence electrons. The summed E-state index contributed by atoms with van der Waals surface area (Å²) in [5.74, 6) is 0.174. The number of rotatable bonds is 6. The minimum Gasteiger partial charge on any atom is -0.481 e. The predicted molar refractivity (Wildman–Crippen MR) is 67.6 cm³/mol. The average molecular weight is 254 g/mol. The highest BCUT2D eigenvalue weighted by atomic mass is 16.6. The molecule has 2 N–H and O–H groups in total. The standard InChI is InChI=1S/C12H18N2O4/c1-8(15)9(2)18-12-5-4-10(7-13-3)6-11(12)14(16)17/h4-6,8-9,13,15H,7H2,1-3H3. The molecular weight excluding hydrogens is 236 g/mol. The highest BCUT2D eigenvalue weighted by molar-refractivity contribution is 5.48. The molecule has 1 aromatic rings. The monoisotopic (exact) mass is 254 g/mol. The first-order valence-electron chi connectivity index (χ1n) is 5.72. The van der Waals surface area contributed by atoms with Gasteiger partial charge in [-0.3, -0.25) is 10.1 Å². The summed E-state index contributed by atoms with van der Waals surface area (Å²) in [5.41, 5.74) is 0.719. The van der Waals surface area contributed by atoms with Crippen LogP contribution in [0.4, 0.5) is 5.69 Å². The first-order chi connectivity index (χ1) is 8.45. The predicted octanol–water partition coefficient (Wildman–Crippen LogP) is 1.46. The van der Waals surface area contributed by atoms with Gasteiger partial charge in [0.25, 0.3) is 0 Å². The van der Waals surface area contributed by atoms with Crippen LogP contribution in [0.3, 0.4) is 0 Å². The van der Waals surface area contributed by atoms with Gasteiger partial charge >= 0.3 is 5.69 Å². The number of aliphatic hydroxyl groups is 1. The van der Waals surface area contributed by atoms with Crippen LogP contribution < -0.4 is 10.1 Å². The number of nitro groups is 1. The number of ether oxygens (including phenoxy) is 1. The highest BCUT2D eigenvalue weighted by Gasteiger charge is 2.19. The number of hydrogen-bond donors (Lipinski definition) is 2. The number of nitro benzene ring substituents is 1. The van der Waals surface area contributed by atoms with E-state index in [1.54, 1.807) is 33.0 Å². The van der Waals surface area contributed by atoms with Gasteiger partial charge in [0.05, 0.1) is 11.0 Å². The second kappa shape index (κ2) is 6.32. The molecule has 2 unspecified atom stereocenters. The van der Waals surface area contributed by atoms with Crippen molar-refractivity contribution in [1.82, 2.24) is 5.32 Å². The minimum atomic E-state index is -0.693. The largest absolute Gasteiger partial charge is 0.481 e. The van der Waals surface area contributed by atoms with Gasteiger partial charge < -0.3 is 15.2 Å². The Hall–Kier alpha value is -1.66. The first kappa shape index (κ1) is 14.4. The number of hydrogen-bond acceptors (Lipinski definition) is 5. The van der Waals surface area contributed by atoms with E-state index in [1.165, 1.54) is 6.07 Å². The molecule has 1 rings (SSSR count). The summed E-state index contributed by atoms with van der Waals surface area (Å²) < 4.78 is 5.39. The molecule has 0 saturated heterocycles. The molecule has 6 nitrogen and oxygen atoms in total. The van der Waals surface area contributed by atoms with E-state index in [0.29, 0.717) is 6.54 Å². The van der Waals surface area contributed by atoms with E-state index in [2.05, 4.69) is 5.32 Å². The third-order valence-corrected chi connectivity index (χ3v) is 2.59. The summed E-state index contributed by atoms with van der Waals surface area (Å²) in [6, 6.07) is 4.79. The number of nitrogens with one attached hydrogen (secondary N) is 1. The lowest BCUT2D eigenvalue weighted by molar-refractivity contribution is -0.386. The lowest BCUT2D eigenvalue weighted by Gasteiger charge is -2.17. The van der Waals surface area contributed by atoms with Crippen molar-refractivity contribution in [2.45, 2.75) is 32.6 Å². The van der Waals surface area contributed by atoms with Gasteiger partial charge in [-0.1, -0.05) is 6.07 Å². The fourth-order valence-electron chi connectivity index (χ4n) is 1.42. The van der Waals surface area contributed by atoms with Gasteiger partial charge in [0.15, 0.2) is 5.75 Å². The minimum absolute atomic E-state index is 0.0877. The molecular formula is C12H18N2O4.